The Labute approximate surface area is 222 Å². The molecule has 1 aromatic carbocycles. The van der Waals surface area contributed by atoms with Crippen molar-refractivity contribution in [2.45, 2.75) is 19.1 Å². The van der Waals surface area contributed by atoms with Gasteiger partial charge in [-0.2, -0.15) is 18.3 Å². The van der Waals surface area contributed by atoms with E-state index >= 15 is 4.39 Å². The molecule has 1 amide bonds. The summed E-state index contributed by atoms with van der Waals surface area (Å²) in [6.45, 7) is 6.17. The molecule has 2 aliphatic rings. The third-order valence-electron chi connectivity index (χ3n) is 7.03. The fourth-order valence-electron chi connectivity index (χ4n) is 4.67. The SMILES string of the molecule is CC1CN(c2cc(F)c(-c3cnc(N4CCOCC4)nc3)cc2NC(=O)c2c[nH]nc2C(F)(F)F)CCN1C. The largest absolute Gasteiger partial charge is 0.435 e. The number of H-pyrrole nitrogens is 1. The maximum Gasteiger partial charge on any atom is 0.435 e. The molecule has 3 aromatic rings. The average molecular weight is 549 g/mol. The van der Waals surface area contributed by atoms with Gasteiger partial charge < -0.3 is 24.8 Å². The zero-order chi connectivity index (χ0) is 27.7. The maximum atomic E-state index is 15.5. The molecule has 2 N–H and O–H groups in total. The number of carbonyl (C=O) groups is 1. The van der Waals surface area contributed by atoms with Crippen molar-refractivity contribution < 1.29 is 27.1 Å². The van der Waals surface area contributed by atoms with E-state index in [9.17, 15) is 18.0 Å². The maximum absolute atomic E-state index is 15.5. The molecule has 10 nitrogen and oxygen atoms in total. The molecule has 39 heavy (non-hydrogen) atoms. The van der Waals surface area contributed by atoms with Crippen LogP contribution in [0.15, 0.2) is 30.7 Å². The van der Waals surface area contributed by atoms with Crippen molar-refractivity contribution in [3.63, 3.8) is 0 Å². The van der Waals surface area contributed by atoms with Gasteiger partial charge in [0.25, 0.3) is 5.91 Å². The molecule has 1 atom stereocenters. The van der Waals surface area contributed by atoms with Gasteiger partial charge >= 0.3 is 6.18 Å². The Morgan fingerprint density at radius 1 is 1.10 bits per heavy atom. The van der Waals surface area contributed by atoms with Gasteiger partial charge in [0.2, 0.25) is 5.95 Å². The average Bonchev–Trinajstić information content (AvgIpc) is 3.43. The molecule has 2 fully saturated rings. The molecule has 5 rings (SSSR count). The van der Waals surface area contributed by atoms with Crippen LogP contribution in [0, 0.1) is 5.82 Å². The summed E-state index contributed by atoms with van der Waals surface area (Å²) in [5.41, 5.74) is -0.994. The highest BCUT2D eigenvalue weighted by molar-refractivity contribution is 6.07. The van der Waals surface area contributed by atoms with E-state index in [4.69, 9.17) is 4.74 Å². The van der Waals surface area contributed by atoms with Crippen LogP contribution in [0.25, 0.3) is 11.1 Å². The first-order chi connectivity index (χ1) is 18.6. The minimum atomic E-state index is -4.82. The Balaban J connectivity index is 1.50. The lowest BCUT2D eigenvalue weighted by Gasteiger charge is -2.39. The Morgan fingerprint density at radius 2 is 1.82 bits per heavy atom. The van der Waals surface area contributed by atoms with Crippen LogP contribution in [-0.4, -0.2) is 90.0 Å². The predicted molar refractivity (Wildman–Crippen MR) is 136 cm³/mol. The zero-order valence-corrected chi connectivity index (χ0v) is 21.4. The summed E-state index contributed by atoms with van der Waals surface area (Å²) in [6, 6.07) is 2.84. The van der Waals surface area contributed by atoms with Crippen LogP contribution in [0.5, 0.6) is 0 Å². The summed E-state index contributed by atoms with van der Waals surface area (Å²) in [5.74, 6) is -1.11. The Hall–Kier alpha value is -3.78. The van der Waals surface area contributed by atoms with Gasteiger partial charge in [-0.3, -0.25) is 9.89 Å². The Bertz CT molecular complexity index is 1320. The topological polar surface area (TPSA) is 103 Å². The number of likely N-dealkylation sites (N-methyl/N-ethyl adjacent to an activating group) is 1. The fourth-order valence-corrected chi connectivity index (χ4v) is 4.67. The highest BCUT2D eigenvalue weighted by Crippen LogP contribution is 2.36. The van der Waals surface area contributed by atoms with Gasteiger partial charge in [0.05, 0.1) is 30.2 Å². The second-order valence-electron chi connectivity index (χ2n) is 9.60. The second kappa shape index (κ2) is 10.8. The Kier molecular flexibility index (Phi) is 7.40. The second-order valence-corrected chi connectivity index (χ2v) is 9.60. The number of hydrogen-bond acceptors (Lipinski definition) is 8. The monoisotopic (exact) mass is 548 g/mol. The minimum Gasteiger partial charge on any atom is -0.378 e. The van der Waals surface area contributed by atoms with Crippen LogP contribution in [0.2, 0.25) is 0 Å². The molecule has 0 radical (unpaired) electrons. The molecule has 2 saturated heterocycles. The number of amides is 1. The molecule has 0 saturated carbocycles. The molecule has 14 heteroatoms. The van der Waals surface area contributed by atoms with Gasteiger partial charge in [0.15, 0.2) is 5.69 Å². The predicted octanol–water partition coefficient (Wildman–Crippen LogP) is 3.25. The highest BCUT2D eigenvalue weighted by atomic mass is 19.4. The number of morpholine rings is 1. The molecule has 0 aliphatic carbocycles. The Morgan fingerprint density at radius 3 is 2.49 bits per heavy atom. The first kappa shape index (κ1) is 26.8. The van der Waals surface area contributed by atoms with E-state index in [1.165, 1.54) is 24.5 Å². The van der Waals surface area contributed by atoms with Crippen molar-refractivity contribution in [2.75, 3.05) is 68.1 Å². The van der Waals surface area contributed by atoms with Gasteiger partial charge in [0.1, 0.15) is 5.82 Å². The van der Waals surface area contributed by atoms with Crippen molar-refractivity contribution in [2.24, 2.45) is 0 Å². The summed E-state index contributed by atoms with van der Waals surface area (Å²) >= 11 is 0. The third-order valence-corrected chi connectivity index (χ3v) is 7.03. The number of alkyl halides is 3. The van der Waals surface area contributed by atoms with Gasteiger partial charge in [-0.05, 0) is 26.1 Å². The van der Waals surface area contributed by atoms with Crippen molar-refractivity contribution in [3.8, 4) is 11.1 Å². The van der Waals surface area contributed by atoms with Gasteiger partial charge in [-0.1, -0.05) is 0 Å². The number of piperazine rings is 1. The van der Waals surface area contributed by atoms with Crippen LogP contribution in [0.1, 0.15) is 23.0 Å². The van der Waals surface area contributed by atoms with Gasteiger partial charge in [0, 0.05) is 68.5 Å². The lowest BCUT2D eigenvalue weighted by atomic mass is 10.0. The van der Waals surface area contributed by atoms with Crippen LogP contribution in [0.4, 0.5) is 34.9 Å². The number of aromatic nitrogens is 4. The van der Waals surface area contributed by atoms with Crippen molar-refractivity contribution in [3.05, 3.63) is 47.8 Å². The molecule has 2 aromatic heterocycles. The van der Waals surface area contributed by atoms with Crippen LogP contribution in [-0.2, 0) is 10.9 Å². The number of nitrogens with zero attached hydrogens (tertiary/aromatic N) is 6. The molecule has 0 bridgehead atoms. The normalized spacial score (nSPS) is 18.9. The number of benzene rings is 1. The number of rotatable bonds is 5. The van der Waals surface area contributed by atoms with Crippen molar-refractivity contribution >= 4 is 23.2 Å². The summed E-state index contributed by atoms with van der Waals surface area (Å²) < 4.78 is 61.0. The third kappa shape index (κ3) is 5.66. The first-order valence-corrected chi connectivity index (χ1v) is 12.5. The van der Waals surface area contributed by atoms with Crippen LogP contribution < -0.4 is 15.1 Å². The summed E-state index contributed by atoms with van der Waals surface area (Å²) in [7, 11) is 1.98. The molecule has 1 unspecified atom stereocenters. The van der Waals surface area contributed by atoms with Crippen LogP contribution in [0.3, 0.4) is 0 Å². The van der Waals surface area contributed by atoms with Crippen molar-refractivity contribution in [1.82, 2.24) is 25.1 Å². The number of carbonyl (C=O) groups excluding carboxylic acids is 1. The minimum absolute atomic E-state index is 0.105. The molecular formula is C25H28F4N8O2. The number of anilines is 3. The summed E-state index contributed by atoms with van der Waals surface area (Å²) in [6.07, 6.45) is -0.969. The fraction of sp³-hybridized carbons (Fsp3) is 0.440. The van der Waals surface area contributed by atoms with E-state index in [0.29, 0.717) is 63.1 Å². The van der Waals surface area contributed by atoms with E-state index in [1.807, 2.05) is 23.8 Å². The summed E-state index contributed by atoms with van der Waals surface area (Å²) in [5, 5.41) is 7.86. The van der Waals surface area contributed by atoms with Crippen LogP contribution >= 0.6 is 0 Å². The summed E-state index contributed by atoms with van der Waals surface area (Å²) in [4.78, 5) is 27.8. The molecule has 4 heterocycles. The van der Waals surface area contributed by atoms with Crippen molar-refractivity contribution in [1.29, 1.82) is 0 Å². The number of halogens is 4. The lowest BCUT2D eigenvalue weighted by molar-refractivity contribution is -0.141. The number of nitrogens with one attached hydrogen (secondary N) is 2. The number of aromatic amines is 1. The van der Waals surface area contributed by atoms with E-state index < -0.39 is 29.2 Å². The van der Waals surface area contributed by atoms with E-state index in [0.717, 1.165) is 6.20 Å². The van der Waals surface area contributed by atoms with E-state index in [2.05, 4.69) is 30.4 Å². The lowest BCUT2D eigenvalue weighted by Crippen LogP contribution is -2.50. The molecule has 208 valence electrons. The first-order valence-electron chi connectivity index (χ1n) is 12.5. The number of hydrogen-bond donors (Lipinski definition) is 2. The quantitative estimate of drug-likeness (QED) is 0.469. The smallest absolute Gasteiger partial charge is 0.378 e. The zero-order valence-electron chi connectivity index (χ0n) is 21.4. The standard InChI is InChI=1S/C25H28F4N8O2/c1-15-14-37(4-3-35(15)2)21-10-19(26)17(16-11-30-24(31-12-16)36-5-7-39-8-6-36)9-20(21)33-23(38)18-13-32-34-22(18)25(27,28)29/h9-13,15H,3-8,14H2,1-2H3,(H,32,34)(H,33,38). The molecular weight excluding hydrogens is 520 g/mol. The van der Waals surface area contributed by atoms with E-state index in [-0.39, 0.29) is 17.3 Å². The van der Waals surface area contributed by atoms with Gasteiger partial charge in [-0.15, -0.1) is 0 Å². The highest BCUT2D eigenvalue weighted by Gasteiger charge is 2.38. The van der Waals surface area contributed by atoms with E-state index in [1.54, 1.807) is 0 Å². The van der Waals surface area contributed by atoms with Gasteiger partial charge in [-0.25, -0.2) is 14.4 Å². The molecule has 0 spiro atoms. The molecule has 2 aliphatic heterocycles. The number of ether oxygens (including phenoxy) is 1.